The Hall–Kier alpha value is -3.05. The molecule has 7 nitrogen and oxygen atoms in total. The van der Waals surface area contributed by atoms with Gasteiger partial charge in [0.2, 0.25) is 11.9 Å². The Labute approximate surface area is 192 Å². The lowest BCUT2D eigenvalue weighted by atomic mass is 10.0. The summed E-state index contributed by atoms with van der Waals surface area (Å²) in [5, 5.41) is 2.60. The van der Waals surface area contributed by atoms with Crippen LogP contribution >= 0.6 is 0 Å². The molecule has 0 radical (unpaired) electrons. The minimum absolute atomic E-state index is 0.00865. The number of hydrogen-bond acceptors (Lipinski definition) is 6. The van der Waals surface area contributed by atoms with Crippen LogP contribution in [0.3, 0.4) is 0 Å². The first-order chi connectivity index (χ1) is 15.9. The molecule has 2 aliphatic heterocycles. The summed E-state index contributed by atoms with van der Waals surface area (Å²) in [6, 6.07) is 3.58. The molecule has 2 saturated heterocycles. The number of pyridine rings is 1. The molecule has 0 bridgehead atoms. The van der Waals surface area contributed by atoms with Crippen LogP contribution < -0.4 is 10.2 Å². The van der Waals surface area contributed by atoms with E-state index in [-0.39, 0.29) is 29.0 Å². The van der Waals surface area contributed by atoms with Crippen molar-refractivity contribution in [2.75, 3.05) is 36.4 Å². The highest BCUT2D eigenvalue weighted by Crippen LogP contribution is 2.47. The Morgan fingerprint density at radius 1 is 1.21 bits per heavy atom. The lowest BCUT2D eigenvalue weighted by Crippen LogP contribution is -2.57. The van der Waals surface area contributed by atoms with Gasteiger partial charge >= 0.3 is 6.18 Å². The number of halogens is 5. The Morgan fingerprint density at radius 2 is 1.94 bits per heavy atom. The summed E-state index contributed by atoms with van der Waals surface area (Å²) in [7, 11) is 0. The Kier molecular flexibility index (Phi) is 5.17. The summed E-state index contributed by atoms with van der Waals surface area (Å²) in [6.07, 6.45) is -1.10. The average Bonchev–Trinajstić information content (AvgIpc) is 3.31. The van der Waals surface area contributed by atoms with E-state index in [4.69, 9.17) is 0 Å². The van der Waals surface area contributed by atoms with Gasteiger partial charge in [-0.1, -0.05) is 6.92 Å². The van der Waals surface area contributed by atoms with Gasteiger partial charge in [0.15, 0.2) is 0 Å². The summed E-state index contributed by atoms with van der Waals surface area (Å²) in [6.45, 7) is 1.75. The van der Waals surface area contributed by atoms with Gasteiger partial charge in [0.05, 0.1) is 24.3 Å². The standard InChI is InChI=1S/C22H23F5N6O/c1-20(5-6-20)18(34)32-8-4-13(10-32)15-9-16(31-19(29-15)33-11-21(23,24)12-33)30-17-14(22(25,26)27)3-2-7-28-17/h2-3,7,9,13H,4-6,8,10-12H2,1H3,(H,28,29,30,31). The number of hydrogen-bond donors (Lipinski definition) is 1. The lowest BCUT2D eigenvalue weighted by Gasteiger charge is -2.38. The molecule has 4 heterocycles. The van der Waals surface area contributed by atoms with Crippen molar-refractivity contribution < 1.29 is 26.7 Å². The number of nitrogens with one attached hydrogen (secondary N) is 1. The number of alkyl halides is 5. The van der Waals surface area contributed by atoms with Crippen LogP contribution in [0.2, 0.25) is 0 Å². The molecular weight excluding hydrogens is 459 g/mol. The van der Waals surface area contributed by atoms with Crippen molar-refractivity contribution in [2.45, 2.75) is 44.2 Å². The normalized spacial score (nSPS) is 22.9. The minimum atomic E-state index is -4.64. The van der Waals surface area contributed by atoms with Gasteiger partial charge in [0, 0.05) is 36.7 Å². The first-order valence-electron chi connectivity index (χ1n) is 11.0. The highest BCUT2D eigenvalue weighted by Gasteiger charge is 2.49. The number of rotatable bonds is 5. The SMILES string of the molecule is CC1(C(=O)N2CCC(c3cc(Nc4ncccc4C(F)(F)F)nc(N4CC(F)(F)C4)n3)C2)CC1. The monoisotopic (exact) mass is 482 g/mol. The molecule has 1 atom stereocenters. The molecule has 1 aliphatic carbocycles. The second kappa shape index (κ2) is 7.74. The third kappa shape index (κ3) is 4.37. The highest BCUT2D eigenvalue weighted by atomic mass is 19.4. The molecule has 2 aromatic rings. The van der Waals surface area contributed by atoms with Gasteiger partial charge in [-0.3, -0.25) is 4.79 Å². The maximum Gasteiger partial charge on any atom is 0.419 e. The van der Waals surface area contributed by atoms with Crippen molar-refractivity contribution in [3.63, 3.8) is 0 Å². The Morgan fingerprint density at radius 3 is 2.59 bits per heavy atom. The fourth-order valence-electron chi connectivity index (χ4n) is 4.35. The number of anilines is 3. The fourth-order valence-corrected chi connectivity index (χ4v) is 4.35. The van der Waals surface area contributed by atoms with E-state index >= 15 is 0 Å². The van der Waals surface area contributed by atoms with E-state index in [0.29, 0.717) is 25.2 Å². The van der Waals surface area contributed by atoms with Crippen LogP contribution in [0.5, 0.6) is 0 Å². The molecule has 12 heteroatoms. The van der Waals surface area contributed by atoms with Crippen LogP contribution in [-0.2, 0) is 11.0 Å². The molecule has 2 aromatic heterocycles. The predicted molar refractivity (Wildman–Crippen MR) is 113 cm³/mol. The highest BCUT2D eigenvalue weighted by molar-refractivity contribution is 5.85. The van der Waals surface area contributed by atoms with Crippen LogP contribution in [0.25, 0.3) is 0 Å². The second-order valence-corrected chi connectivity index (χ2v) is 9.51. The number of amides is 1. The van der Waals surface area contributed by atoms with Crippen LogP contribution in [0.1, 0.15) is 43.4 Å². The first kappa shape index (κ1) is 22.7. The first-order valence-corrected chi connectivity index (χ1v) is 11.0. The third-order valence-corrected chi connectivity index (χ3v) is 6.63. The molecule has 3 fully saturated rings. The van der Waals surface area contributed by atoms with Crippen LogP contribution in [0, 0.1) is 5.41 Å². The van der Waals surface area contributed by atoms with Gasteiger partial charge in [-0.2, -0.15) is 18.2 Å². The zero-order valence-electron chi connectivity index (χ0n) is 18.4. The Bertz CT molecular complexity index is 1110. The number of aromatic nitrogens is 3. The molecule has 5 rings (SSSR count). The summed E-state index contributed by atoms with van der Waals surface area (Å²) >= 11 is 0. The van der Waals surface area contributed by atoms with Gasteiger partial charge < -0.3 is 15.1 Å². The predicted octanol–water partition coefficient (Wildman–Crippen LogP) is 4.21. The zero-order chi connectivity index (χ0) is 24.3. The van der Waals surface area contributed by atoms with E-state index in [2.05, 4.69) is 20.3 Å². The van der Waals surface area contributed by atoms with Crippen molar-refractivity contribution in [1.29, 1.82) is 0 Å². The largest absolute Gasteiger partial charge is 0.419 e. The second-order valence-electron chi connectivity index (χ2n) is 9.51. The number of carbonyl (C=O) groups excluding carboxylic acids is 1. The molecular formula is C22H23F5N6O. The van der Waals surface area contributed by atoms with Crippen LogP contribution in [-0.4, -0.2) is 57.9 Å². The number of carbonyl (C=O) groups is 1. The van der Waals surface area contributed by atoms with Gasteiger partial charge in [-0.15, -0.1) is 0 Å². The number of likely N-dealkylation sites (tertiary alicyclic amines) is 1. The molecule has 34 heavy (non-hydrogen) atoms. The zero-order valence-corrected chi connectivity index (χ0v) is 18.4. The van der Waals surface area contributed by atoms with E-state index < -0.39 is 36.6 Å². The van der Waals surface area contributed by atoms with E-state index in [1.165, 1.54) is 23.2 Å². The van der Waals surface area contributed by atoms with Gasteiger partial charge in [-0.05, 0) is 31.4 Å². The molecule has 1 N–H and O–H groups in total. The van der Waals surface area contributed by atoms with Crippen molar-refractivity contribution in [3.8, 4) is 0 Å². The molecule has 3 aliphatic rings. The summed E-state index contributed by atoms with van der Waals surface area (Å²) in [5.74, 6) is -3.36. The maximum atomic E-state index is 13.5. The van der Waals surface area contributed by atoms with Crippen molar-refractivity contribution in [2.24, 2.45) is 5.41 Å². The lowest BCUT2D eigenvalue weighted by molar-refractivity contribution is -0.137. The van der Waals surface area contributed by atoms with Gasteiger partial charge in [0.25, 0.3) is 5.92 Å². The summed E-state index contributed by atoms with van der Waals surface area (Å²) in [4.78, 5) is 28.2. The van der Waals surface area contributed by atoms with Gasteiger partial charge in [-0.25, -0.2) is 18.7 Å². The maximum absolute atomic E-state index is 13.5. The molecule has 1 saturated carbocycles. The average molecular weight is 482 g/mol. The third-order valence-electron chi connectivity index (χ3n) is 6.63. The van der Waals surface area contributed by atoms with E-state index in [1.807, 2.05) is 6.92 Å². The van der Waals surface area contributed by atoms with Gasteiger partial charge in [0.1, 0.15) is 11.6 Å². The van der Waals surface area contributed by atoms with Crippen molar-refractivity contribution in [1.82, 2.24) is 19.9 Å². The minimum Gasteiger partial charge on any atom is -0.342 e. The van der Waals surface area contributed by atoms with Crippen molar-refractivity contribution >= 4 is 23.5 Å². The Balaban J connectivity index is 1.44. The summed E-state index contributed by atoms with van der Waals surface area (Å²) in [5.41, 5.74) is -0.791. The van der Waals surface area contributed by atoms with Crippen LogP contribution in [0.15, 0.2) is 24.4 Å². The van der Waals surface area contributed by atoms with E-state index in [1.54, 1.807) is 4.90 Å². The topological polar surface area (TPSA) is 74.2 Å². The quantitative estimate of drug-likeness (QED) is 0.644. The summed E-state index contributed by atoms with van der Waals surface area (Å²) < 4.78 is 67.2. The van der Waals surface area contributed by atoms with Crippen molar-refractivity contribution in [3.05, 3.63) is 35.7 Å². The smallest absolute Gasteiger partial charge is 0.342 e. The van der Waals surface area contributed by atoms with E-state index in [9.17, 15) is 26.7 Å². The molecule has 0 spiro atoms. The van der Waals surface area contributed by atoms with E-state index in [0.717, 1.165) is 18.9 Å². The van der Waals surface area contributed by atoms with Crippen LogP contribution in [0.4, 0.5) is 39.5 Å². The molecule has 0 aromatic carbocycles. The molecule has 182 valence electrons. The number of nitrogens with zero attached hydrogens (tertiary/aromatic N) is 5. The molecule has 1 amide bonds. The molecule has 1 unspecified atom stereocenters. The fraction of sp³-hybridized carbons (Fsp3) is 0.545.